The molecular formula is C9H15NS2. The molecule has 1 aliphatic rings. The maximum atomic E-state index is 4.68. The Bertz CT molecular complexity index is 229. The molecule has 0 unspecified atom stereocenters. The van der Waals surface area contributed by atoms with E-state index < -0.39 is 0 Å². The van der Waals surface area contributed by atoms with Gasteiger partial charge in [-0.1, -0.05) is 6.08 Å². The molecule has 0 N–H and O–H groups in total. The zero-order valence-corrected chi connectivity index (χ0v) is 9.68. The smallest absolute Gasteiger partial charge is 0.104 e. The highest BCUT2D eigenvalue weighted by molar-refractivity contribution is 8.17. The maximum Gasteiger partial charge on any atom is 0.104 e. The molecule has 0 saturated carbocycles. The van der Waals surface area contributed by atoms with Crippen molar-refractivity contribution >= 4 is 28.6 Å². The van der Waals surface area contributed by atoms with Crippen molar-refractivity contribution in [1.82, 2.24) is 0 Å². The van der Waals surface area contributed by atoms with E-state index in [1.807, 2.05) is 0 Å². The number of hydrogen-bond acceptors (Lipinski definition) is 3. The fourth-order valence-electron chi connectivity index (χ4n) is 1.12. The molecule has 0 saturated heterocycles. The first-order valence-electron chi connectivity index (χ1n) is 3.97. The third-order valence-corrected chi connectivity index (χ3v) is 3.44. The van der Waals surface area contributed by atoms with Gasteiger partial charge in [0.15, 0.2) is 0 Å². The minimum absolute atomic E-state index is 0.109. The van der Waals surface area contributed by atoms with Gasteiger partial charge in [-0.2, -0.15) is 0 Å². The Kier molecular flexibility index (Phi) is 3.29. The highest BCUT2D eigenvalue weighted by Gasteiger charge is 2.21. The lowest BCUT2D eigenvalue weighted by Crippen LogP contribution is -2.21. The largest absolute Gasteiger partial charge is 0.271 e. The molecule has 0 bridgehead atoms. The van der Waals surface area contributed by atoms with Crippen LogP contribution >= 0.6 is 23.5 Å². The minimum atomic E-state index is 0.109. The van der Waals surface area contributed by atoms with Crippen molar-refractivity contribution in [2.75, 3.05) is 12.5 Å². The van der Waals surface area contributed by atoms with Gasteiger partial charge in [-0.05, 0) is 32.8 Å². The first kappa shape index (κ1) is 10.2. The van der Waals surface area contributed by atoms with Crippen molar-refractivity contribution in [3.8, 4) is 0 Å². The summed E-state index contributed by atoms with van der Waals surface area (Å²) in [5.41, 5.74) is 0.109. The van der Waals surface area contributed by atoms with Gasteiger partial charge in [0.1, 0.15) is 5.04 Å². The van der Waals surface area contributed by atoms with Crippen molar-refractivity contribution in [2.24, 2.45) is 4.99 Å². The van der Waals surface area contributed by atoms with Gasteiger partial charge >= 0.3 is 0 Å². The topological polar surface area (TPSA) is 12.4 Å². The van der Waals surface area contributed by atoms with Crippen molar-refractivity contribution < 1.29 is 0 Å². The van der Waals surface area contributed by atoms with E-state index in [2.05, 4.69) is 37.4 Å². The second kappa shape index (κ2) is 3.88. The third-order valence-electron chi connectivity index (χ3n) is 1.82. The van der Waals surface area contributed by atoms with Gasteiger partial charge < -0.3 is 0 Å². The van der Waals surface area contributed by atoms with Crippen LogP contribution in [0, 0.1) is 0 Å². The van der Waals surface area contributed by atoms with E-state index in [1.54, 1.807) is 23.5 Å². The average molecular weight is 201 g/mol. The number of dihydropyridines is 1. The van der Waals surface area contributed by atoms with E-state index in [-0.39, 0.29) is 5.54 Å². The SMILES string of the molecule is CSC1=CCC(C)(C)N=C1SC. The predicted molar refractivity (Wildman–Crippen MR) is 61.2 cm³/mol. The van der Waals surface area contributed by atoms with Crippen molar-refractivity contribution in [1.29, 1.82) is 0 Å². The molecule has 68 valence electrons. The highest BCUT2D eigenvalue weighted by Crippen LogP contribution is 2.30. The number of hydrogen-bond donors (Lipinski definition) is 0. The summed E-state index contributed by atoms with van der Waals surface area (Å²) in [5.74, 6) is 0. The standard InChI is InChI=1S/C9H15NS2/c1-9(2)6-5-7(11-3)8(10-9)12-4/h5H,6H2,1-4H3. The minimum Gasteiger partial charge on any atom is -0.271 e. The lowest BCUT2D eigenvalue weighted by Gasteiger charge is -2.24. The fraction of sp³-hybridized carbons (Fsp3) is 0.667. The van der Waals surface area contributed by atoms with Crippen molar-refractivity contribution in [3.63, 3.8) is 0 Å². The summed E-state index contributed by atoms with van der Waals surface area (Å²) in [6.07, 6.45) is 7.55. The van der Waals surface area contributed by atoms with E-state index in [4.69, 9.17) is 0 Å². The number of thioether (sulfide) groups is 2. The van der Waals surface area contributed by atoms with Crippen molar-refractivity contribution in [2.45, 2.75) is 25.8 Å². The predicted octanol–water partition coefficient (Wildman–Crippen LogP) is 3.18. The summed E-state index contributed by atoms with van der Waals surface area (Å²) in [5, 5.41) is 1.19. The molecule has 1 aliphatic heterocycles. The second-order valence-corrected chi connectivity index (χ2v) is 5.05. The Labute approximate surface area is 83.1 Å². The Morgan fingerprint density at radius 2 is 2.00 bits per heavy atom. The summed E-state index contributed by atoms with van der Waals surface area (Å²) in [6.45, 7) is 4.35. The van der Waals surface area contributed by atoms with Crippen LogP contribution in [-0.2, 0) is 0 Å². The van der Waals surface area contributed by atoms with Gasteiger partial charge in [-0.25, -0.2) is 0 Å². The average Bonchev–Trinajstić information content (AvgIpc) is 2.03. The van der Waals surface area contributed by atoms with Crippen LogP contribution in [0.4, 0.5) is 0 Å². The Hall–Kier alpha value is 0.110. The van der Waals surface area contributed by atoms with Gasteiger partial charge in [0.25, 0.3) is 0 Å². The van der Waals surface area contributed by atoms with Crippen LogP contribution < -0.4 is 0 Å². The normalized spacial score (nSPS) is 21.7. The quantitative estimate of drug-likeness (QED) is 0.646. The molecule has 0 atom stereocenters. The fourth-order valence-corrected chi connectivity index (χ4v) is 2.72. The molecule has 1 rings (SSSR count). The van der Waals surface area contributed by atoms with E-state index in [0.29, 0.717) is 0 Å². The van der Waals surface area contributed by atoms with E-state index in [1.165, 1.54) is 9.95 Å². The molecule has 3 heteroatoms. The van der Waals surface area contributed by atoms with Crippen LogP contribution in [0.3, 0.4) is 0 Å². The molecule has 12 heavy (non-hydrogen) atoms. The van der Waals surface area contributed by atoms with Gasteiger partial charge in [0.05, 0.1) is 5.54 Å². The second-order valence-electron chi connectivity index (χ2n) is 3.41. The maximum absolute atomic E-state index is 4.68. The van der Waals surface area contributed by atoms with E-state index >= 15 is 0 Å². The van der Waals surface area contributed by atoms with Crippen molar-refractivity contribution in [3.05, 3.63) is 11.0 Å². The van der Waals surface area contributed by atoms with Gasteiger partial charge in [-0.15, -0.1) is 23.5 Å². The molecule has 1 heterocycles. The summed E-state index contributed by atoms with van der Waals surface area (Å²) in [4.78, 5) is 6.01. The molecule has 0 aromatic carbocycles. The van der Waals surface area contributed by atoms with Crippen LogP contribution in [0.5, 0.6) is 0 Å². The van der Waals surface area contributed by atoms with Crippen LogP contribution in [0.1, 0.15) is 20.3 Å². The Morgan fingerprint density at radius 3 is 2.50 bits per heavy atom. The van der Waals surface area contributed by atoms with E-state index in [9.17, 15) is 0 Å². The van der Waals surface area contributed by atoms with Crippen LogP contribution in [0.2, 0.25) is 0 Å². The first-order valence-corrected chi connectivity index (χ1v) is 6.42. The lowest BCUT2D eigenvalue weighted by atomic mass is 10.00. The first-order chi connectivity index (χ1) is 5.59. The number of rotatable bonds is 1. The Balaban J connectivity index is 2.86. The molecule has 0 amide bonds. The molecule has 0 spiro atoms. The molecule has 0 fully saturated rings. The van der Waals surface area contributed by atoms with Crippen LogP contribution in [0.25, 0.3) is 0 Å². The van der Waals surface area contributed by atoms with Gasteiger partial charge in [0.2, 0.25) is 0 Å². The van der Waals surface area contributed by atoms with Gasteiger partial charge in [0, 0.05) is 4.91 Å². The van der Waals surface area contributed by atoms with Gasteiger partial charge in [-0.3, -0.25) is 4.99 Å². The molecule has 0 aliphatic carbocycles. The third kappa shape index (κ3) is 2.30. The summed E-state index contributed by atoms with van der Waals surface area (Å²) >= 11 is 3.53. The van der Waals surface area contributed by atoms with E-state index in [0.717, 1.165) is 6.42 Å². The summed E-state index contributed by atoms with van der Waals surface area (Å²) in [7, 11) is 0. The Morgan fingerprint density at radius 1 is 1.33 bits per heavy atom. The molecule has 0 aromatic rings. The van der Waals surface area contributed by atoms with Crippen LogP contribution in [0.15, 0.2) is 16.0 Å². The molecular weight excluding hydrogens is 186 g/mol. The monoisotopic (exact) mass is 201 g/mol. The lowest BCUT2D eigenvalue weighted by molar-refractivity contribution is 0.528. The number of nitrogens with zero attached hydrogens (tertiary/aromatic N) is 1. The molecule has 0 aromatic heterocycles. The summed E-state index contributed by atoms with van der Waals surface area (Å²) < 4.78 is 0. The zero-order chi connectivity index (χ0) is 9.19. The van der Waals surface area contributed by atoms with Crippen LogP contribution in [-0.4, -0.2) is 23.1 Å². The summed E-state index contributed by atoms with van der Waals surface area (Å²) in [6, 6.07) is 0. The number of aliphatic imine (C=N–C) groups is 1. The molecule has 0 radical (unpaired) electrons. The highest BCUT2D eigenvalue weighted by atomic mass is 32.2. The molecule has 1 nitrogen and oxygen atoms in total. The zero-order valence-electron chi connectivity index (χ0n) is 8.05.